The van der Waals surface area contributed by atoms with Gasteiger partial charge in [-0.3, -0.25) is 4.79 Å². The van der Waals surface area contributed by atoms with Crippen LogP contribution in [0.4, 0.5) is 0 Å². The van der Waals surface area contributed by atoms with E-state index in [0.717, 1.165) is 31.9 Å². The van der Waals surface area contributed by atoms with Crippen LogP contribution < -0.4 is 4.90 Å². The number of thiocarbonyl (C=S) groups is 1. The maximum absolute atomic E-state index is 12.5. The van der Waals surface area contributed by atoms with E-state index in [1.54, 1.807) is 4.90 Å². The quantitative estimate of drug-likeness (QED) is 0.658. The smallest absolute Gasteiger partial charge is 0.270 e. The van der Waals surface area contributed by atoms with Crippen LogP contribution in [0.5, 0.6) is 0 Å². The standard InChI is InChI=1S/C15H16N2O2S2/c18-14-13(10-12-4-2-1-3-5-12)21-15(20)17(14)11-16-6-8-19-9-7-16/h1-5,10H,6-9,11H2/p+1/b13-10-. The van der Waals surface area contributed by atoms with Crippen LogP contribution >= 0.6 is 24.0 Å². The second-order valence-electron chi connectivity index (χ2n) is 5.04. The highest BCUT2D eigenvalue weighted by atomic mass is 32.2. The van der Waals surface area contributed by atoms with Crippen LogP contribution in [0.3, 0.4) is 0 Å². The van der Waals surface area contributed by atoms with E-state index in [2.05, 4.69) is 0 Å². The lowest BCUT2D eigenvalue weighted by molar-refractivity contribution is -0.914. The third-order valence-corrected chi connectivity index (χ3v) is 4.93. The molecule has 1 aromatic rings. The Kier molecular flexibility index (Phi) is 4.70. The number of hydrogen-bond acceptors (Lipinski definition) is 4. The van der Waals surface area contributed by atoms with E-state index in [1.807, 2.05) is 36.4 Å². The highest BCUT2D eigenvalue weighted by Crippen LogP contribution is 2.31. The number of morpholine rings is 1. The Morgan fingerprint density at radius 3 is 2.71 bits per heavy atom. The fourth-order valence-corrected chi connectivity index (χ4v) is 3.63. The Morgan fingerprint density at radius 2 is 2.00 bits per heavy atom. The first-order valence-corrected chi connectivity index (χ1v) is 8.18. The van der Waals surface area contributed by atoms with Gasteiger partial charge in [0.15, 0.2) is 11.0 Å². The number of nitrogens with zero attached hydrogens (tertiary/aromatic N) is 1. The van der Waals surface area contributed by atoms with Gasteiger partial charge in [0.1, 0.15) is 13.1 Å². The van der Waals surface area contributed by atoms with Crippen LogP contribution in [0.1, 0.15) is 5.56 Å². The van der Waals surface area contributed by atoms with Gasteiger partial charge in [0.05, 0.1) is 18.1 Å². The van der Waals surface area contributed by atoms with Gasteiger partial charge in [0.2, 0.25) is 0 Å². The van der Waals surface area contributed by atoms with Crippen LogP contribution in [0.2, 0.25) is 0 Å². The van der Waals surface area contributed by atoms with E-state index in [1.165, 1.54) is 16.7 Å². The summed E-state index contributed by atoms with van der Waals surface area (Å²) in [5, 5.41) is 0. The van der Waals surface area contributed by atoms with E-state index in [0.29, 0.717) is 15.9 Å². The summed E-state index contributed by atoms with van der Waals surface area (Å²) < 4.78 is 6.00. The summed E-state index contributed by atoms with van der Waals surface area (Å²) in [5.74, 6) is 0.0212. The molecular formula is C15H17N2O2S2+. The molecule has 0 saturated carbocycles. The number of ether oxygens (including phenoxy) is 1. The maximum Gasteiger partial charge on any atom is 0.270 e. The van der Waals surface area contributed by atoms with Gasteiger partial charge < -0.3 is 9.64 Å². The first kappa shape index (κ1) is 14.7. The largest absolute Gasteiger partial charge is 0.370 e. The van der Waals surface area contributed by atoms with E-state index in [9.17, 15) is 4.79 Å². The lowest BCUT2D eigenvalue weighted by Crippen LogP contribution is -3.15. The number of thioether (sulfide) groups is 1. The van der Waals surface area contributed by atoms with Gasteiger partial charge in [-0.05, 0) is 11.6 Å². The number of amides is 1. The van der Waals surface area contributed by atoms with Crippen molar-refractivity contribution in [1.29, 1.82) is 0 Å². The molecule has 21 heavy (non-hydrogen) atoms. The maximum atomic E-state index is 12.5. The molecule has 1 N–H and O–H groups in total. The molecule has 110 valence electrons. The Labute approximate surface area is 133 Å². The lowest BCUT2D eigenvalue weighted by Gasteiger charge is -2.27. The molecule has 2 saturated heterocycles. The van der Waals surface area contributed by atoms with Crippen molar-refractivity contribution in [2.45, 2.75) is 0 Å². The second-order valence-corrected chi connectivity index (χ2v) is 6.72. The third-order valence-electron chi connectivity index (χ3n) is 3.55. The molecule has 2 aliphatic rings. The average Bonchev–Trinajstić information content (AvgIpc) is 2.77. The molecule has 0 atom stereocenters. The van der Waals surface area contributed by atoms with Crippen molar-refractivity contribution in [3.05, 3.63) is 40.8 Å². The van der Waals surface area contributed by atoms with Crippen molar-refractivity contribution in [1.82, 2.24) is 4.90 Å². The van der Waals surface area contributed by atoms with Crippen molar-refractivity contribution in [2.24, 2.45) is 0 Å². The molecule has 1 amide bonds. The minimum atomic E-state index is 0.0212. The van der Waals surface area contributed by atoms with Crippen LogP contribution in [0, 0.1) is 0 Å². The van der Waals surface area contributed by atoms with Crippen molar-refractivity contribution in [3.63, 3.8) is 0 Å². The van der Waals surface area contributed by atoms with Gasteiger partial charge in [-0.25, -0.2) is 4.90 Å². The first-order chi connectivity index (χ1) is 10.2. The molecule has 0 aromatic heterocycles. The molecule has 6 heteroatoms. The number of rotatable bonds is 3. The number of carbonyl (C=O) groups is 1. The summed E-state index contributed by atoms with van der Waals surface area (Å²) in [5.41, 5.74) is 1.02. The topological polar surface area (TPSA) is 34.0 Å². The predicted octanol–water partition coefficient (Wildman–Crippen LogP) is 0.760. The Balaban J connectivity index is 1.71. The van der Waals surface area contributed by atoms with Crippen molar-refractivity contribution < 1.29 is 14.4 Å². The van der Waals surface area contributed by atoms with E-state index < -0.39 is 0 Å². The fourth-order valence-electron chi connectivity index (χ4n) is 2.38. The van der Waals surface area contributed by atoms with Gasteiger partial charge >= 0.3 is 0 Å². The number of carbonyl (C=O) groups excluding carboxylic acids is 1. The lowest BCUT2D eigenvalue weighted by atomic mass is 10.2. The summed E-state index contributed by atoms with van der Waals surface area (Å²) >= 11 is 6.75. The van der Waals surface area contributed by atoms with E-state index >= 15 is 0 Å². The Morgan fingerprint density at radius 1 is 1.29 bits per heavy atom. The van der Waals surface area contributed by atoms with Gasteiger partial charge in [-0.2, -0.15) is 0 Å². The van der Waals surface area contributed by atoms with Crippen molar-refractivity contribution in [3.8, 4) is 0 Å². The minimum absolute atomic E-state index is 0.0212. The van der Waals surface area contributed by atoms with Gasteiger partial charge in [-0.1, -0.05) is 54.3 Å². The summed E-state index contributed by atoms with van der Waals surface area (Å²) in [6, 6.07) is 9.86. The molecule has 1 aromatic carbocycles. The summed E-state index contributed by atoms with van der Waals surface area (Å²) in [4.78, 5) is 16.3. The van der Waals surface area contributed by atoms with Crippen LogP contribution in [-0.4, -0.2) is 48.1 Å². The van der Waals surface area contributed by atoms with Gasteiger partial charge in [0.25, 0.3) is 5.91 Å². The molecule has 2 fully saturated rings. The molecule has 4 nitrogen and oxygen atoms in total. The molecule has 0 radical (unpaired) electrons. The molecule has 0 bridgehead atoms. The Hall–Kier alpha value is -1.21. The molecular weight excluding hydrogens is 304 g/mol. The highest BCUT2D eigenvalue weighted by molar-refractivity contribution is 8.26. The SMILES string of the molecule is O=C1/C(=C/c2ccccc2)SC(=S)N1C[NH+]1CCOCC1. The normalized spacial score (nSPS) is 22.3. The van der Waals surface area contributed by atoms with Crippen LogP contribution in [-0.2, 0) is 9.53 Å². The average molecular weight is 321 g/mol. The second kappa shape index (κ2) is 6.70. The third kappa shape index (κ3) is 3.52. The Bertz CT molecular complexity index is 568. The minimum Gasteiger partial charge on any atom is -0.370 e. The number of hydrogen-bond donors (Lipinski definition) is 1. The van der Waals surface area contributed by atoms with E-state index in [-0.39, 0.29) is 5.91 Å². The highest BCUT2D eigenvalue weighted by Gasteiger charge is 2.34. The molecule has 2 heterocycles. The summed E-state index contributed by atoms with van der Waals surface area (Å²) in [7, 11) is 0. The predicted molar refractivity (Wildman–Crippen MR) is 87.8 cm³/mol. The summed E-state index contributed by atoms with van der Waals surface area (Å²) in [6.45, 7) is 4.00. The molecule has 3 rings (SSSR count). The molecule has 0 spiro atoms. The van der Waals surface area contributed by atoms with Crippen molar-refractivity contribution in [2.75, 3.05) is 33.0 Å². The van der Waals surface area contributed by atoms with Gasteiger partial charge in [0, 0.05) is 0 Å². The van der Waals surface area contributed by atoms with Crippen molar-refractivity contribution >= 4 is 40.3 Å². The van der Waals surface area contributed by atoms with Crippen LogP contribution in [0.25, 0.3) is 6.08 Å². The first-order valence-electron chi connectivity index (χ1n) is 6.96. The number of nitrogens with one attached hydrogen (secondary N) is 1. The number of quaternary nitrogens is 1. The molecule has 2 aliphatic heterocycles. The summed E-state index contributed by atoms with van der Waals surface area (Å²) in [6.07, 6.45) is 1.91. The zero-order valence-electron chi connectivity index (χ0n) is 11.6. The van der Waals surface area contributed by atoms with Gasteiger partial charge in [-0.15, -0.1) is 0 Å². The zero-order valence-corrected chi connectivity index (χ0v) is 13.2. The molecule has 0 aliphatic carbocycles. The number of benzene rings is 1. The molecule has 0 unspecified atom stereocenters. The van der Waals surface area contributed by atoms with E-state index in [4.69, 9.17) is 17.0 Å². The fraction of sp³-hybridized carbons (Fsp3) is 0.333. The monoisotopic (exact) mass is 321 g/mol. The zero-order chi connectivity index (χ0) is 14.7. The van der Waals surface area contributed by atoms with Crippen LogP contribution in [0.15, 0.2) is 35.2 Å².